The molecule has 0 bridgehead atoms. The Hall–Kier alpha value is -4.26. The van der Waals surface area contributed by atoms with Crippen LogP contribution in [-0.2, 0) is 11.2 Å². The number of hydrogen-bond donors (Lipinski definition) is 1. The number of fused-ring (bicyclic) bond motifs is 2. The number of benzene rings is 2. The van der Waals surface area contributed by atoms with E-state index in [2.05, 4.69) is 10.3 Å². The van der Waals surface area contributed by atoms with Gasteiger partial charge in [-0.15, -0.1) is 0 Å². The molecule has 0 radical (unpaired) electrons. The van der Waals surface area contributed by atoms with Crippen molar-refractivity contribution in [2.24, 2.45) is 0 Å². The van der Waals surface area contributed by atoms with Gasteiger partial charge in [0.1, 0.15) is 6.04 Å². The number of rotatable bonds is 5. The lowest BCUT2D eigenvalue weighted by atomic mass is 10.0. The van der Waals surface area contributed by atoms with Crippen molar-refractivity contribution < 1.29 is 14.4 Å². The van der Waals surface area contributed by atoms with Crippen LogP contribution in [0.5, 0.6) is 0 Å². The number of nitrogens with one attached hydrogen (secondary N) is 1. The maximum absolute atomic E-state index is 13.4. The molecule has 3 heterocycles. The normalized spacial score (nSPS) is 14.0. The van der Waals surface area contributed by atoms with E-state index in [1.807, 2.05) is 48.5 Å². The Morgan fingerprint density at radius 2 is 1.52 bits per heavy atom. The summed E-state index contributed by atoms with van der Waals surface area (Å²) in [6, 6.07) is 20.5. The van der Waals surface area contributed by atoms with E-state index in [9.17, 15) is 14.4 Å². The smallest absolute Gasteiger partial charge is 0.262 e. The molecule has 4 aromatic rings. The summed E-state index contributed by atoms with van der Waals surface area (Å²) in [5.74, 6) is -1.08. The molecule has 152 valence electrons. The molecule has 0 saturated heterocycles. The van der Waals surface area contributed by atoms with Gasteiger partial charge in [-0.1, -0.05) is 48.5 Å². The van der Waals surface area contributed by atoms with Crippen molar-refractivity contribution in [3.8, 4) is 0 Å². The van der Waals surface area contributed by atoms with Gasteiger partial charge in [-0.2, -0.15) is 0 Å². The molecule has 2 aromatic heterocycles. The van der Waals surface area contributed by atoms with E-state index in [0.29, 0.717) is 17.1 Å². The molecule has 0 saturated carbocycles. The summed E-state index contributed by atoms with van der Waals surface area (Å²) < 4.78 is 1.74. The fourth-order valence-corrected chi connectivity index (χ4v) is 3.86. The van der Waals surface area contributed by atoms with Gasteiger partial charge in [-0.3, -0.25) is 29.0 Å². The van der Waals surface area contributed by atoms with Crippen LogP contribution in [0.15, 0.2) is 85.2 Å². The van der Waals surface area contributed by atoms with Crippen LogP contribution in [0.25, 0.3) is 5.52 Å². The number of hydrogen-bond acceptors (Lipinski definition) is 4. The third-order valence-corrected chi connectivity index (χ3v) is 5.39. The summed E-state index contributed by atoms with van der Waals surface area (Å²) >= 11 is 0. The molecule has 1 aliphatic heterocycles. The van der Waals surface area contributed by atoms with E-state index in [1.165, 1.54) is 0 Å². The van der Waals surface area contributed by atoms with Gasteiger partial charge in [-0.25, -0.2) is 4.98 Å². The molecule has 1 unspecified atom stereocenters. The van der Waals surface area contributed by atoms with E-state index in [1.54, 1.807) is 41.1 Å². The number of carbonyl (C=O) groups excluding carboxylic acids is 3. The Bertz CT molecular complexity index is 1280. The van der Waals surface area contributed by atoms with Crippen molar-refractivity contribution in [3.05, 3.63) is 102 Å². The lowest BCUT2D eigenvalue weighted by molar-refractivity contribution is -0.120. The highest BCUT2D eigenvalue weighted by atomic mass is 16.2. The average molecular weight is 410 g/mol. The van der Waals surface area contributed by atoms with Crippen molar-refractivity contribution in [2.75, 3.05) is 5.32 Å². The fraction of sp³-hybridized carbons (Fsp3) is 0.0833. The molecule has 7 heteroatoms. The van der Waals surface area contributed by atoms with Gasteiger partial charge in [0, 0.05) is 12.6 Å². The molecule has 0 aliphatic carbocycles. The Morgan fingerprint density at radius 3 is 2.23 bits per heavy atom. The van der Waals surface area contributed by atoms with Crippen LogP contribution in [0.2, 0.25) is 0 Å². The first-order chi connectivity index (χ1) is 15.1. The molecule has 31 heavy (non-hydrogen) atoms. The number of imidazole rings is 1. The fourth-order valence-electron chi connectivity index (χ4n) is 3.86. The standard InChI is InChI=1S/C24H18N4O3/c29-21(26-24-25-15-17-10-6-7-13-27(17)24)20(14-16-8-2-1-3-9-16)28-22(30)18-11-4-5-12-19(18)23(28)31/h1-13,15,20H,14H2,(H,25,26,29). The minimum absolute atomic E-state index is 0.196. The first-order valence-electron chi connectivity index (χ1n) is 9.87. The number of imide groups is 1. The van der Waals surface area contributed by atoms with Crippen LogP contribution in [-0.4, -0.2) is 38.0 Å². The van der Waals surface area contributed by atoms with Gasteiger partial charge in [-0.05, 0) is 29.8 Å². The summed E-state index contributed by atoms with van der Waals surface area (Å²) in [5, 5.41) is 2.80. The highest BCUT2D eigenvalue weighted by Crippen LogP contribution is 2.26. The van der Waals surface area contributed by atoms with Crippen LogP contribution < -0.4 is 5.32 Å². The van der Waals surface area contributed by atoms with Crippen LogP contribution in [0.4, 0.5) is 5.95 Å². The predicted molar refractivity (Wildman–Crippen MR) is 115 cm³/mol. The molecule has 0 spiro atoms. The van der Waals surface area contributed by atoms with Crippen LogP contribution >= 0.6 is 0 Å². The van der Waals surface area contributed by atoms with E-state index in [0.717, 1.165) is 16.0 Å². The predicted octanol–water partition coefficient (Wildman–Crippen LogP) is 3.18. The molecule has 1 atom stereocenters. The van der Waals surface area contributed by atoms with E-state index >= 15 is 0 Å². The zero-order valence-electron chi connectivity index (χ0n) is 16.4. The molecule has 5 rings (SSSR count). The third kappa shape index (κ3) is 3.26. The highest BCUT2D eigenvalue weighted by Gasteiger charge is 2.42. The third-order valence-electron chi connectivity index (χ3n) is 5.39. The Morgan fingerprint density at radius 1 is 0.871 bits per heavy atom. The second-order valence-corrected chi connectivity index (χ2v) is 7.30. The highest BCUT2D eigenvalue weighted by molar-refractivity contribution is 6.23. The topological polar surface area (TPSA) is 83.8 Å². The summed E-state index contributed by atoms with van der Waals surface area (Å²) in [7, 11) is 0. The van der Waals surface area contributed by atoms with Crippen LogP contribution in [0, 0.1) is 0 Å². The first-order valence-corrected chi connectivity index (χ1v) is 9.87. The SMILES string of the molecule is O=C(Nc1ncc2ccccn12)C(Cc1ccccc1)N1C(=O)c2ccccc2C1=O. The van der Waals surface area contributed by atoms with E-state index in [-0.39, 0.29) is 6.42 Å². The molecule has 1 aliphatic rings. The molecule has 3 amide bonds. The van der Waals surface area contributed by atoms with Gasteiger partial charge >= 0.3 is 0 Å². The minimum atomic E-state index is -1.02. The Labute approximate surface area is 177 Å². The molecular formula is C24H18N4O3. The van der Waals surface area contributed by atoms with Gasteiger partial charge < -0.3 is 0 Å². The van der Waals surface area contributed by atoms with Crippen molar-refractivity contribution >= 4 is 29.2 Å². The Kier molecular flexibility index (Phi) is 4.55. The molecule has 0 fully saturated rings. The summed E-state index contributed by atoms with van der Waals surface area (Å²) in [5.41, 5.74) is 2.28. The lowest BCUT2D eigenvalue weighted by Crippen LogP contribution is -2.48. The summed E-state index contributed by atoms with van der Waals surface area (Å²) in [6.45, 7) is 0. The number of carbonyl (C=O) groups is 3. The molecule has 1 N–H and O–H groups in total. The van der Waals surface area contributed by atoms with Crippen molar-refractivity contribution in [1.82, 2.24) is 14.3 Å². The zero-order chi connectivity index (χ0) is 21.4. The van der Waals surface area contributed by atoms with Crippen molar-refractivity contribution in [3.63, 3.8) is 0 Å². The van der Waals surface area contributed by atoms with Gasteiger partial charge in [0.05, 0.1) is 22.8 Å². The van der Waals surface area contributed by atoms with Gasteiger partial charge in [0.2, 0.25) is 11.9 Å². The number of amides is 3. The van der Waals surface area contributed by atoms with Gasteiger partial charge in [0.15, 0.2) is 0 Å². The maximum Gasteiger partial charge on any atom is 0.262 e. The van der Waals surface area contributed by atoms with E-state index < -0.39 is 23.8 Å². The van der Waals surface area contributed by atoms with Crippen molar-refractivity contribution in [1.29, 1.82) is 0 Å². The Balaban J connectivity index is 1.51. The monoisotopic (exact) mass is 410 g/mol. The second-order valence-electron chi connectivity index (χ2n) is 7.30. The number of nitrogens with zero attached hydrogens (tertiary/aromatic N) is 3. The second kappa shape index (κ2) is 7.53. The van der Waals surface area contributed by atoms with E-state index in [4.69, 9.17) is 0 Å². The summed E-state index contributed by atoms with van der Waals surface area (Å²) in [6.07, 6.45) is 3.62. The molecular weight excluding hydrogens is 392 g/mol. The quantitative estimate of drug-likeness (QED) is 0.512. The largest absolute Gasteiger partial charge is 0.294 e. The average Bonchev–Trinajstić information content (AvgIpc) is 3.32. The number of aromatic nitrogens is 2. The zero-order valence-corrected chi connectivity index (χ0v) is 16.4. The maximum atomic E-state index is 13.4. The van der Waals surface area contributed by atoms with Crippen LogP contribution in [0.3, 0.4) is 0 Å². The lowest BCUT2D eigenvalue weighted by Gasteiger charge is -2.25. The number of anilines is 1. The summed E-state index contributed by atoms with van der Waals surface area (Å²) in [4.78, 5) is 44.8. The number of pyridine rings is 1. The van der Waals surface area contributed by atoms with Gasteiger partial charge in [0.25, 0.3) is 11.8 Å². The van der Waals surface area contributed by atoms with Crippen molar-refractivity contribution in [2.45, 2.75) is 12.5 Å². The minimum Gasteiger partial charge on any atom is -0.294 e. The van der Waals surface area contributed by atoms with Crippen LogP contribution in [0.1, 0.15) is 26.3 Å². The molecule has 7 nitrogen and oxygen atoms in total. The molecule has 2 aromatic carbocycles. The first kappa shape index (κ1) is 18.7.